The fraction of sp³-hybridized carbons (Fsp3) is 0.316. The van der Waals surface area contributed by atoms with Crippen LogP contribution in [0.15, 0.2) is 48.5 Å². The number of nitrogens with zero attached hydrogens (tertiary/aromatic N) is 2. The summed E-state index contributed by atoms with van der Waals surface area (Å²) < 4.78 is 12.9. The van der Waals surface area contributed by atoms with Gasteiger partial charge in [-0.15, -0.1) is 0 Å². The molecular formula is C19H21ClFN3O. The van der Waals surface area contributed by atoms with Crippen LogP contribution in [0, 0.1) is 5.82 Å². The molecule has 1 aliphatic rings. The molecule has 6 heteroatoms. The molecule has 1 heterocycles. The Hall–Kier alpha value is -1.95. The SMILES string of the molecule is O=C(CN1CCN(Cc2ccc(F)cc2)CC1)Nc1ccc(Cl)cc1. The third kappa shape index (κ3) is 5.53. The highest BCUT2D eigenvalue weighted by molar-refractivity contribution is 6.30. The summed E-state index contributed by atoms with van der Waals surface area (Å²) in [4.78, 5) is 16.6. The first-order valence-corrected chi connectivity index (χ1v) is 8.71. The Morgan fingerprint density at radius 2 is 1.56 bits per heavy atom. The van der Waals surface area contributed by atoms with Gasteiger partial charge in [0.1, 0.15) is 5.82 Å². The predicted molar refractivity (Wildman–Crippen MR) is 98.2 cm³/mol. The van der Waals surface area contributed by atoms with E-state index in [0.717, 1.165) is 44.0 Å². The minimum absolute atomic E-state index is 0.0192. The predicted octanol–water partition coefficient (Wildman–Crippen LogP) is 3.24. The van der Waals surface area contributed by atoms with Crippen LogP contribution in [0.25, 0.3) is 0 Å². The first-order valence-electron chi connectivity index (χ1n) is 8.33. The summed E-state index contributed by atoms with van der Waals surface area (Å²) in [6.45, 7) is 4.67. The topological polar surface area (TPSA) is 35.6 Å². The summed E-state index contributed by atoms with van der Waals surface area (Å²) in [7, 11) is 0. The molecule has 3 rings (SSSR count). The van der Waals surface area contributed by atoms with Crippen LogP contribution in [-0.2, 0) is 11.3 Å². The number of nitrogens with one attached hydrogen (secondary N) is 1. The molecule has 1 saturated heterocycles. The van der Waals surface area contributed by atoms with E-state index in [-0.39, 0.29) is 11.7 Å². The van der Waals surface area contributed by atoms with Crippen molar-refractivity contribution in [2.24, 2.45) is 0 Å². The molecule has 0 aliphatic carbocycles. The van der Waals surface area contributed by atoms with Crippen molar-refractivity contribution < 1.29 is 9.18 Å². The van der Waals surface area contributed by atoms with Crippen LogP contribution < -0.4 is 5.32 Å². The third-order valence-corrected chi connectivity index (χ3v) is 4.53. The van der Waals surface area contributed by atoms with Gasteiger partial charge >= 0.3 is 0 Å². The van der Waals surface area contributed by atoms with Crippen molar-refractivity contribution in [3.05, 3.63) is 64.9 Å². The number of carbonyl (C=O) groups is 1. The maximum Gasteiger partial charge on any atom is 0.238 e. The van der Waals surface area contributed by atoms with Gasteiger partial charge < -0.3 is 5.32 Å². The minimum Gasteiger partial charge on any atom is -0.325 e. The van der Waals surface area contributed by atoms with Crippen molar-refractivity contribution in [1.82, 2.24) is 9.80 Å². The minimum atomic E-state index is -0.208. The molecular weight excluding hydrogens is 341 g/mol. The van der Waals surface area contributed by atoms with Gasteiger partial charge in [-0.05, 0) is 42.0 Å². The number of hydrogen-bond acceptors (Lipinski definition) is 3. The maximum absolute atomic E-state index is 12.9. The second kappa shape index (κ2) is 8.43. The molecule has 132 valence electrons. The van der Waals surface area contributed by atoms with Crippen molar-refractivity contribution in [1.29, 1.82) is 0 Å². The molecule has 0 aromatic heterocycles. The van der Waals surface area contributed by atoms with Gasteiger partial charge in [0, 0.05) is 43.4 Å². The van der Waals surface area contributed by atoms with Crippen LogP contribution in [0.1, 0.15) is 5.56 Å². The van der Waals surface area contributed by atoms with E-state index in [0.29, 0.717) is 11.6 Å². The summed E-state index contributed by atoms with van der Waals surface area (Å²) in [6.07, 6.45) is 0. The van der Waals surface area contributed by atoms with Crippen LogP contribution in [0.4, 0.5) is 10.1 Å². The number of anilines is 1. The first kappa shape index (κ1) is 17.9. The lowest BCUT2D eigenvalue weighted by Gasteiger charge is -2.34. The van der Waals surface area contributed by atoms with E-state index in [9.17, 15) is 9.18 Å². The van der Waals surface area contributed by atoms with Gasteiger partial charge in [0.2, 0.25) is 5.91 Å². The van der Waals surface area contributed by atoms with Gasteiger partial charge in [-0.1, -0.05) is 23.7 Å². The molecule has 2 aromatic carbocycles. The zero-order valence-corrected chi connectivity index (χ0v) is 14.7. The van der Waals surface area contributed by atoms with Crippen molar-refractivity contribution >= 4 is 23.2 Å². The number of carbonyl (C=O) groups excluding carboxylic acids is 1. The zero-order valence-electron chi connectivity index (χ0n) is 13.9. The van der Waals surface area contributed by atoms with Crippen LogP contribution in [0.3, 0.4) is 0 Å². The van der Waals surface area contributed by atoms with Gasteiger partial charge in [0.15, 0.2) is 0 Å². The van der Waals surface area contributed by atoms with Gasteiger partial charge in [-0.2, -0.15) is 0 Å². The van der Waals surface area contributed by atoms with Gasteiger partial charge in [0.05, 0.1) is 6.54 Å². The molecule has 0 saturated carbocycles. The molecule has 0 radical (unpaired) electrons. The van der Waals surface area contributed by atoms with Gasteiger partial charge in [-0.3, -0.25) is 14.6 Å². The van der Waals surface area contributed by atoms with E-state index < -0.39 is 0 Å². The summed E-state index contributed by atoms with van der Waals surface area (Å²) >= 11 is 5.84. The molecule has 4 nitrogen and oxygen atoms in total. The van der Waals surface area contributed by atoms with E-state index in [1.165, 1.54) is 12.1 Å². The average Bonchev–Trinajstić information content (AvgIpc) is 2.61. The molecule has 1 aliphatic heterocycles. The van der Waals surface area contributed by atoms with Crippen molar-refractivity contribution in [3.63, 3.8) is 0 Å². The van der Waals surface area contributed by atoms with Crippen molar-refractivity contribution in [2.75, 3.05) is 38.0 Å². The molecule has 2 aromatic rings. The largest absolute Gasteiger partial charge is 0.325 e. The Morgan fingerprint density at radius 3 is 2.20 bits per heavy atom. The third-order valence-electron chi connectivity index (χ3n) is 4.28. The summed E-state index contributed by atoms with van der Waals surface area (Å²) in [5.74, 6) is -0.227. The summed E-state index contributed by atoms with van der Waals surface area (Å²) in [5, 5.41) is 3.53. The van der Waals surface area contributed by atoms with E-state index in [2.05, 4.69) is 15.1 Å². The summed E-state index contributed by atoms with van der Waals surface area (Å²) in [5.41, 5.74) is 1.86. The quantitative estimate of drug-likeness (QED) is 0.888. The standard InChI is InChI=1S/C19H21ClFN3O/c20-16-3-7-18(8-4-16)22-19(25)14-24-11-9-23(10-12-24)13-15-1-5-17(21)6-2-15/h1-8H,9-14H2,(H,22,25). The second-order valence-corrected chi connectivity index (χ2v) is 6.67. The molecule has 0 unspecified atom stereocenters. The highest BCUT2D eigenvalue weighted by atomic mass is 35.5. The first-order chi connectivity index (χ1) is 12.1. The fourth-order valence-corrected chi connectivity index (χ4v) is 3.02. The monoisotopic (exact) mass is 361 g/mol. The number of halogens is 2. The van der Waals surface area contributed by atoms with E-state index in [4.69, 9.17) is 11.6 Å². The summed E-state index contributed by atoms with van der Waals surface area (Å²) in [6, 6.07) is 13.7. The lowest BCUT2D eigenvalue weighted by Crippen LogP contribution is -2.48. The van der Waals surface area contributed by atoms with Gasteiger partial charge in [0.25, 0.3) is 0 Å². The van der Waals surface area contributed by atoms with Gasteiger partial charge in [-0.25, -0.2) is 4.39 Å². The number of piperazine rings is 1. The fourth-order valence-electron chi connectivity index (χ4n) is 2.89. The number of hydrogen-bond donors (Lipinski definition) is 1. The molecule has 1 N–H and O–H groups in total. The molecule has 1 fully saturated rings. The van der Waals surface area contributed by atoms with Crippen molar-refractivity contribution in [3.8, 4) is 0 Å². The lowest BCUT2D eigenvalue weighted by molar-refractivity contribution is -0.117. The molecule has 0 spiro atoms. The van der Waals surface area contributed by atoms with Crippen LogP contribution in [0.5, 0.6) is 0 Å². The smallest absolute Gasteiger partial charge is 0.238 e. The Morgan fingerprint density at radius 1 is 0.960 bits per heavy atom. The Labute approximate surface area is 152 Å². The molecule has 0 atom stereocenters. The Balaban J connectivity index is 1.42. The van der Waals surface area contributed by atoms with E-state index in [1.54, 1.807) is 24.3 Å². The molecule has 1 amide bonds. The van der Waals surface area contributed by atoms with E-state index >= 15 is 0 Å². The van der Waals surface area contributed by atoms with Crippen molar-refractivity contribution in [2.45, 2.75) is 6.54 Å². The van der Waals surface area contributed by atoms with E-state index in [1.807, 2.05) is 12.1 Å². The lowest BCUT2D eigenvalue weighted by atomic mass is 10.2. The Kier molecular flexibility index (Phi) is 6.02. The second-order valence-electron chi connectivity index (χ2n) is 6.23. The zero-order chi connectivity index (χ0) is 17.6. The van der Waals surface area contributed by atoms with Crippen LogP contribution in [0.2, 0.25) is 5.02 Å². The van der Waals surface area contributed by atoms with Crippen LogP contribution >= 0.6 is 11.6 Å². The van der Waals surface area contributed by atoms with Crippen LogP contribution in [-0.4, -0.2) is 48.4 Å². The molecule has 25 heavy (non-hydrogen) atoms. The maximum atomic E-state index is 12.9. The number of amides is 1. The average molecular weight is 362 g/mol. The Bertz CT molecular complexity index is 698. The highest BCUT2D eigenvalue weighted by Gasteiger charge is 2.19. The number of benzene rings is 2. The normalized spacial score (nSPS) is 15.9. The molecule has 0 bridgehead atoms. The highest BCUT2D eigenvalue weighted by Crippen LogP contribution is 2.14. The number of rotatable bonds is 5.